The Hall–Kier alpha value is -2.09. The molecular formula is C14H16N2O5S. The first-order valence-electron chi connectivity index (χ1n) is 6.79. The van der Waals surface area contributed by atoms with Crippen molar-refractivity contribution in [2.45, 2.75) is 18.9 Å². The average molecular weight is 324 g/mol. The highest BCUT2D eigenvalue weighted by atomic mass is 32.2. The number of non-ortho nitro benzene ring substituents is 1. The lowest BCUT2D eigenvalue weighted by molar-refractivity contribution is -0.384. The largest absolute Gasteiger partial charge is 0.481 e. The van der Waals surface area contributed by atoms with E-state index in [0.717, 1.165) is 5.75 Å². The molecule has 1 aromatic rings. The number of nitro benzene ring substituents is 1. The second-order valence-electron chi connectivity index (χ2n) is 5.02. The van der Waals surface area contributed by atoms with Crippen LogP contribution in [0.25, 0.3) is 0 Å². The molecule has 0 saturated carbocycles. The molecule has 1 atom stereocenters. The van der Waals surface area contributed by atoms with Crippen LogP contribution in [-0.4, -0.2) is 50.9 Å². The third-order valence-electron chi connectivity index (χ3n) is 3.43. The summed E-state index contributed by atoms with van der Waals surface area (Å²) in [6.07, 6.45) is -0.0316. The molecule has 7 nitrogen and oxygen atoms in total. The highest BCUT2D eigenvalue weighted by Crippen LogP contribution is 2.21. The Bertz CT molecular complexity index is 592. The van der Waals surface area contributed by atoms with Crippen LogP contribution < -0.4 is 0 Å². The van der Waals surface area contributed by atoms with Gasteiger partial charge in [-0.15, -0.1) is 0 Å². The fourth-order valence-corrected chi connectivity index (χ4v) is 3.47. The van der Waals surface area contributed by atoms with Crippen molar-refractivity contribution in [1.29, 1.82) is 0 Å². The molecule has 8 heteroatoms. The minimum Gasteiger partial charge on any atom is -0.481 e. The summed E-state index contributed by atoms with van der Waals surface area (Å²) in [5.74, 6) is 0.261. The summed E-state index contributed by atoms with van der Waals surface area (Å²) < 4.78 is 0. The molecule has 1 aliphatic rings. The van der Waals surface area contributed by atoms with Crippen LogP contribution in [0, 0.1) is 10.1 Å². The monoisotopic (exact) mass is 324 g/mol. The second-order valence-corrected chi connectivity index (χ2v) is 6.17. The minimum absolute atomic E-state index is 0.0441. The molecule has 1 aliphatic heterocycles. The molecule has 118 valence electrons. The number of benzene rings is 1. The van der Waals surface area contributed by atoms with E-state index in [1.807, 2.05) is 0 Å². The summed E-state index contributed by atoms with van der Waals surface area (Å²) in [5, 5.41) is 19.7. The molecule has 2 rings (SSSR count). The third-order valence-corrected chi connectivity index (χ3v) is 4.53. The minimum atomic E-state index is -0.930. The Morgan fingerprint density at radius 3 is 2.91 bits per heavy atom. The van der Waals surface area contributed by atoms with Crippen LogP contribution in [0.3, 0.4) is 0 Å². The summed E-state index contributed by atoms with van der Waals surface area (Å²) in [6, 6.07) is 5.64. The first kappa shape index (κ1) is 16.3. The molecule has 0 radical (unpaired) electrons. The van der Waals surface area contributed by atoms with Gasteiger partial charge < -0.3 is 10.0 Å². The molecule has 1 aromatic carbocycles. The van der Waals surface area contributed by atoms with E-state index >= 15 is 0 Å². The van der Waals surface area contributed by atoms with Gasteiger partial charge in [-0.3, -0.25) is 19.7 Å². The number of hydrogen-bond acceptors (Lipinski definition) is 5. The van der Waals surface area contributed by atoms with Gasteiger partial charge in [0.05, 0.1) is 23.8 Å². The number of hydrogen-bond donors (Lipinski definition) is 1. The van der Waals surface area contributed by atoms with Crippen molar-refractivity contribution in [2.75, 3.05) is 18.1 Å². The molecule has 22 heavy (non-hydrogen) atoms. The van der Waals surface area contributed by atoms with Gasteiger partial charge in [-0.05, 0) is 5.56 Å². The van der Waals surface area contributed by atoms with Gasteiger partial charge in [0.1, 0.15) is 0 Å². The molecule has 0 spiro atoms. The number of rotatable bonds is 5. The Morgan fingerprint density at radius 1 is 1.45 bits per heavy atom. The zero-order valence-electron chi connectivity index (χ0n) is 11.8. The van der Waals surface area contributed by atoms with Crippen molar-refractivity contribution >= 4 is 29.3 Å². The molecule has 1 heterocycles. The Morgan fingerprint density at radius 2 is 2.23 bits per heavy atom. The number of carboxylic acid groups (broad SMARTS) is 1. The number of carbonyl (C=O) groups excluding carboxylic acids is 1. The van der Waals surface area contributed by atoms with E-state index in [0.29, 0.717) is 17.9 Å². The molecule has 0 bridgehead atoms. The molecule has 1 N–H and O–H groups in total. The standard InChI is InChI=1S/C14H16N2O5S/c17-13(7-10-2-1-3-11(6-10)16(20)21)15-4-5-22-9-12(15)8-14(18)19/h1-3,6,12H,4-5,7-9H2,(H,18,19). The fraction of sp³-hybridized carbons (Fsp3) is 0.429. The highest BCUT2D eigenvalue weighted by molar-refractivity contribution is 7.99. The van der Waals surface area contributed by atoms with Gasteiger partial charge in [-0.1, -0.05) is 12.1 Å². The third kappa shape index (κ3) is 4.20. The van der Waals surface area contributed by atoms with Gasteiger partial charge >= 0.3 is 5.97 Å². The van der Waals surface area contributed by atoms with E-state index in [1.54, 1.807) is 28.8 Å². The van der Waals surface area contributed by atoms with Crippen molar-refractivity contribution in [3.05, 3.63) is 39.9 Å². The average Bonchev–Trinajstić information content (AvgIpc) is 2.47. The maximum absolute atomic E-state index is 12.4. The van der Waals surface area contributed by atoms with Gasteiger partial charge in [-0.2, -0.15) is 11.8 Å². The predicted octanol–water partition coefficient (Wildman–Crippen LogP) is 1.56. The number of amides is 1. The van der Waals surface area contributed by atoms with Gasteiger partial charge in [0.25, 0.3) is 5.69 Å². The molecular weight excluding hydrogens is 308 g/mol. The van der Waals surface area contributed by atoms with Crippen LogP contribution in [0.15, 0.2) is 24.3 Å². The van der Waals surface area contributed by atoms with Crippen molar-refractivity contribution in [3.8, 4) is 0 Å². The first-order valence-corrected chi connectivity index (χ1v) is 7.95. The summed E-state index contributed by atoms with van der Waals surface area (Å²) in [4.78, 5) is 35.1. The Labute approximate surface area is 131 Å². The van der Waals surface area contributed by atoms with Gasteiger partial charge in [0.15, 0.2) is 0 Å². The predicted molar refractivity (Wildman–Crippen MR) is 81.9 cm³/mol. The van der Waals surface area contributed by atoms with Crippen LogP contribution in [-0.2, 0) is 16.0 Å². The van der Waals surface area contributed by atoms with Crippen molar-refractivity contribution in [3.63, 3.8) is 0 Å². The number of carboxylic acids is 1. The second kappa shape index (κ2) is 7.26. The number of nitro groups is 1. The quantitative estimate of drug-likeness (QED) is 0.651. The molecule has 0 aliphatic carbocycles. The number of nitrogens with zero attached hydrogens (tertiary/aromatic N) is 2. The number of carbonyl (C=O) groups is 2. The molecule has 1 amide bonds. The smallest absolute Gasteiger partial charge is 0.305 e. The topological polar surface area (TPSA) is 101 Å². The van der Waals surface area contributed by atoms with Gasteiger partial charge in [-0.25, -0.2) is 0 Å². The van der Waals surface area contributed by atoms with Crippen LogP contribution in [0.1, 0.15) is 12.0 Å². The van der Waals surface area contributed by atoms with E-state index in [1.165, 1.54) is 12.1 Å². The zero-order chi connectivity index (χ0) is 16.1. The maximum atomic E-state index is 12.4. The van der Waals surface area contributed by atoms with Crippen LogP contribution in [0.2, 0.25) is 0 Å². The highest BCUT2D eigenvalue weighted by Gasteiger charge is 2.28. The van der Waals surface area contributed by atoms with Crippen LogP contribution >= 0.6 is 11.8 Å². The van der Waals surface area contributed by atoms with E-state index in [-0.39, 0.29) is 30.5 Å². The van der Waals surface area contributed by atoms with Crippen LogP contribution in [0.4, 0.5) is 5.69 Å². The normalized spacial score (nSPS) is 18.0. The van der Waals surface area contributed by atoms with E-state index in [4.69, 9.17) is 5.11 Å². The molecule has 1 saturated heterocycles. The Kier molecular flexibility index (Phi) is 5.37. The summed E-state index contributed by atoms with van der Waals surface area (Å²) in [7, 11) is 0. The summed E-state index contributed by atoms with van der Waals surface area (Å²) >= 11 is 1.63. The van der Waals surface area contributed by atoms with Crippen LogP contribution in [0.5, 0.6) is 0 Å². The zero-order valence-corrected chi connectivity index (χ0v) is 12.6. The SMILES string of the molecule is O=C(O)CC1CSCCN1C(=O)Cc1cccc([N+](=O)[O-])c1. The lowest BCUT2D eigenvalue weighted by atomic mass is 10.1. The van der Waals surface area contributed by atoms with Crippen molar-refractivity contribution < 1.29 is 19.6 Å². The van der Waals surface area contributed by atoms with Gasteiger partial charge in [0, 0.05) is 30.2 Å². The van der Waals surface area contributed by atoms with Gasteiger partial charge in [0.2, 0.25) is 5.91 Å². The van der Waals surface area contributed by atoms with Crippen molar-refractivity contribution in [1.82, 2.24) is 4.90 Å². The molecule has 0 aromatic heterocycles. The summed E-state index contributed by atoms with van der Waals surface area (Å²) in [5.41, 5.74) is 0.507. The van der Waals surface area contributed by atoms with Crippen molar-refractivity contribution in [2.24, 2.45) is 0 Å². The maximum Gasteiger partial charge on any atom is 0.305 e. The van der Waals surface area contributed by atoms with E-state index in [2.05, 4.69) is 0 Å². The van der Waals surface area contributed by atoms with E-state index < -0.39 is 10.9 Å². The lowest BCUT2D eigenvalue weighted by Crippen LogP contribution is -2.47. The first-order chi connectivity index (χ1) is 10.5. The number of thioether (sulfide) groups is 1. The Balaban J connectivity index is 2.08. The summed E-state index contributed by atoms with van der Waals surface area (Å²) in [6.45, 7) is 0.510. The van der Waals surface area contributed by atoms with E-state index in [9.17, 15) is 19.7 Å². The lowest BCUT2D eigenvalue weighted by Gasteiger charge is -2.34. The fourth-order valence-electron chi connectivity index (χ4n) is 2.41. The molecule has 1 fully saturated rings. The number of aliphatic carboxylic acids is 1. The molecule has 1 unspecified atom stereocenters.